The Morgan fingerprint density at radius 3 is 2.84 bits per heavy atom. The topological polar surface area (TPSA) is 114 Å². The number of amides is 2. The summed E-state index contributed by atoms with van der Waals surface area (Å²) >= 11 is 0. The van der Waals surface area contributed by atoms with Crippen LogP contribution in [-0.4, -0.2) is 37.6 Å². The molecule has 0 saturated heterocycles. The zero-order valence-corrected chi connectivity index (χ0v) is 14.1. The molecule has 2 heterocycles. The number of sulfone groups is 1. The van der Waals surface area contributed by atoms with Gasteiger partial charge in [0.2, 0.25) is 15.7 Å². The van der Waals surface area contributed by atoms with E-state index in [1.54, 1.807) is 25.1 Å². The van der Waals surface area contributed by atoms with Gasteiger partial charge in [0.05, 0.1) is 5.69 Å². The highest BCUT2D eigenvalue weighted by atomic mass is 32.2. The SMILES string of the molecule is Cc1ccc(S(=O)(=O)CC(=O)Nc2ccc3c(c2)NC(=O)CO3)nc1. The molecule has 0 bridgehead atoms. The lowest BCUT2D eigenvalue weighted by atomic mass is 10.2. The molecule has 3 rings (SSSR count). The Labute approximate surface area is 144 Å². The zero-order chi connectivity index (χ0) is 18.0. The Morgan fingerprint density at radius 1 is 1.32 bits per heavy atom. The van der Waals surface area contributed by atoms with E-state index in [9.17, 15) is 18.0 Å². The smallest absolute Gasteiger partial charge is 0.262 e. The molecule has 8 nitrogen and oxygen atoms in total. The molecule has 0 spiro atoms. The molecule has 2 aromatic rings. The normalized spacial score (nSPS) is 13.4. The van der Waals surface area contributed by atoms with Gasteiger partial charge in [-0.25, -0.2) is 13.4 Å². The highest BCUT2D eigenvalue weighted by Crippen LogP contribution is 2.30. The summed E-state index contributed by atoms with van der Waals surface area (Å²) in [6.07, 6.45) is 1.43. The van der Waals surface area contributed by atoms with Gasteiger partial charge in [-0.15, -0.1) is 0 Å². The summed E-state index contributed by atoms with van der Waals surface area (Å²) in [7, 11) is -3.84. The van der Waals surface area contributed by atoms with Gasteiger partial charge < -0.3 is 15.4 Å². The summed E-state index contributed by atoms with van der Waals surface area (Å²) in [5.41, 5.74) is 1.58. The lowest BCUT2D eigenvalue weighted by Crippen LogP contribution is -2.26. The van der Waals surface area contributed by atoms with Gasteiger partial charge in [0.25, 0.3) is 5.91 Å². The van der Waals surface area contributed by atoms with E-state index in [1.807, 2.05) is 0 Å². The van der Waals surface area contributed by atoms with Gasteiger partial charge >= 0.3 is 0 Å². The van der Waals surface area contributed by atoms with Crippen LogP contribution in [0.1, 0.15) is 5.56 Å². The van der Waals surface area contributed by atoms with E-state index in [0.29, 0.717) is 17.1 Å². The number of nitrogens with one attached hydrogen (secondary N) is 2. The molecule has 0 unspecified atom stereocenters. The summed E-state index contributed by atoms with van der Waals surface area (Å²) in [5, 5.41) is 4.95. The number of ether oxygens (including phenoxy) is 1. The first-order chi connectivity index (χ1) is 11.8. The van der Waals surface area contributed by atoms with Crippen molar-refractivity contribution in [2.75, 3.05) is 23.0 Å². The van der Waals surface area contributed by atoms with Gasteiger partial charge in [-0.05, 0) is 36.8 Å². The van der Waals surface area contributed by atoms with Crippen molar-refractivity contribution in [2.45, 2.75) is 11.9 Å². The number of fused-ring (bicyclic) bond motifs is 1. The first-order valence-corrected chi connectivity index (χ1v) is 9.01. The van der Waals surface area contributed by atoms with Crippen molar-refractivity contribution in [3.63, 3.8) is 0 Å². The molecule has 0 saturated carbocycles. The Morgan fingerprint density at radius 2 is 2.12 bits per heavy atom. The molecule has 0 aliphatic carbocycles. The summed E-state index contributed by atoms with van der Waals surface area (Å²) in [5.74, 6) is -1.26. The molecule has 2 N–H and O–H groups in total. The van der Waals surface area contributed by atoms with Crippen molar-refractivity contribution >= 4 is 33.0 Å². The maximum Gasteiger partial charge on any atom is 0.262 e. The Kier molecular flexibility index (Phi) is 4.41. The van der Waals surface area contributed by atoms with Crippen LogP contribution in [0.25, 0.3) is 0 Å². The predicted molar refractivity (Wildman–Crippen MR) is 90.2 cm³/mol. The fraction of sp³-hybridized carbons (Fsp3) is 0.188. The average molecular weight is 361 g/mol. The van der Waals surface area contributed by atoms with Gasteiger partial charge in [-0.1, -0.05) is 6.07 Å². The largest absolute Gasteiger partial charge is 0.482 e. The van der Waals surface area contributed by atoms with Crippen LogP contribution in [-0.2, 0) is 19.4 Å². The van der Waals surface area contributed by atoms with E-state index in [4.69, 9.17) is 4.74 Å². The molecular weight excluding hydrogens is 346 g/mol. The molecule has 1 aliphatic rings. The number of hydrogen-bond donors (Lipinski definition) is 2. The van der Waals surface area contributed by atoms with Crippen LogP contribution in [0.15, 0.2) is 41.6 Å². The van der Waals surface area contributed by atoms with Crippen molar-refractivity contribution in [3.8, 4) is 5.75 Å². The van der Waals surface area contributed by atoms with Crippen LogP contribution in [0.5, 0.6) is 5.75 Å². The van der Waals surface area contributed by atoms with Crippen LogP contribution in [0, 0.1) is 6.92 Å². The van der Waals surface area contributed by atoms with E-state index in [-0.39, 0.29) is 17.5 Å². The molecule has 25 heavy (non-hydrogen) atoms. The third-order valence-electron chi connectivity index (χ3n) is 3.42. The molecule has 9 heteroatoms. The first-order valence-electron chi connectivity index (χ1n) is 7.35. The van der Waals surface area contributed by atoms with Gasteiger partial charge in [0.1, 0.15) is 11.5 Å². The number of aryl methyl sites for hydroxylation is 1. The predicted octanol–water partition coefficient (Wildman–Crippen LogP) is 1.13. The molecule has 130 valence electrons. The fourth-order valence-electron chi connectivity index (χ4n) is 2.24. The minimum absolute atomic E-state index is 0.0689. The van der Waals surface area contributed by atoms with Gasteiger partial charge in [0.15, 0.2) is 11.6 Å². The minimum atomic E-state index is -3.84. The summed E-state index contributed by atoms with van der Waals surface area (Å²) in [4.78, 5) is 27.2. The highest BCUT2D eigenvalue weighted by molar-refractivity contribution is 7.92. The minimum Gasteiger partial charge on any atom is -0.482 e. The highest BCUT2D eigenvalue weighted by Gasteiger charge is 2.21. The first kappa shape index (κ1) is 16.9. The summed E-state index contributed by atoms with van der Waals surface area (Å²) in [6, 6.07) is 7.63. The maximum atomic E-state index is 12.2. The quantitative estimate of drug-likeness (QED) is 0.844. The van der Waals surface area contributed by atoms with Crippen LogP contribution < -0.4 is 15.4 Å². The number of anilines is 2. The number of rotatable bonds is 4. The second-order valence-corrected chi connectivity index (χ2v) is 7.47. The molecule has 1 aromatic carbocycles. The number of benzene rings is 1. The summed E-state index contributed by atoms with van der Waals surface area (Å²) < 4.78 is 29.7. The van der Waals surface area contributed by atoms with Gasteiger partial charge in [-0.2, -0.15) is 0 Å². The molecule has 0 radical (unpaired) electrons. The molecule has 0 fully saturated rings. The van der Waals surface area contributed by atoms with Crippen molar-refractivity contribution in [3.05, 3.63) is 42.1 Å². The molecular formula is C16H15N3O5S. The van der Waals surface area contributed by atoms with Crippen molar-refractivity contribution < 1.29 is 22.7 Å². The van der Waals surface area contributed by atoms with Crippen molar-refractivity contribution in [2.24, 2.45) is 0 Å². The Hall–Kier alpha value is -2.94. The van der Waals surface area contributed by atoms with Crippen molar-refractivity contribution in [1.29, 1.82) is 0 Å². The molecule has 1 aliphatic heterocycles. The van der Waals surface area contributed by atoms with E-state index >= 15 is 0 Å². The van der Waals surface area contributed by atoms with E-state index in [0.717, 1.165) is 5.56 Å². The fourth-order valence-corrected chi connectivity index (χ4v) is 3.30. The number of carbonyl (C=O) groups excluding carboxylic acids is 2. The van der Waals surface area contributed by atoms with Crippen LogP contribution in [0.2, 0.25) is 0 Å². The number of carbonyl (C=O) groups is 2. The Balaban J connectivity index is 1.71. The van der Waals surface area contributed by atoms with E-state index in [1.165, 1.54) is 18.3 Å². The van der Waals surface area contributed by atoms with Crippen molar-refractivity contribution in [1.82, 2.24) is 4.98 Å². The third-order valence-corrected chi connectivity index (χ3v) is 4.94. The van der Waals surface area contributed by atoms with Crippen LogP contribution in [0.3, 0.4) is 0 Å². The summed E-state index contributed by atoms with van der Waals surface area (Å²) in [6.45, 7) is 1.72. The Bertz CT molecular complexity index is 939. The van der Waals surface area contributed by atoms with Gasteiger partial charge in [0, 0.05) is 11.9 Å². The second-order valence-electron chi connectivity index (χ2n) is 5.53. The lowest BCUT2D eigenvalue weighted by Gasteiger charge is -2.18. The number of pyridine rings is 1. The lowest BCUT2D eigenvalue weighted by molar-refractivity contribution is -0.118. The molecule has 0 atom stereocenters. The van der Waals surface area contributed by atoms with Crippen LogP contribution >= 0.6 is 0 Å². The van der Waals surface area contributed by atoms with E-state index in [2.05, 4.69) is 15.6 Å². The standard InChI is InChI=1S/C16H15N3O5S/c1-10-2-5-16(17-7-10)25(22,23)9-15(21)18-11-3-4-13-12(6-11)19-14(20)8-24-13/h2-7H,8-9H2,1H3,(H,18,21)(H,19,20). The van der Waals surface area contributed by atoms with E-state index < -0.39 is 21.5 Å². The van der Waals surface area contributed by atoms with Crippen LogP contribution in [0.4, 0.5) is 11.4 Å². The second kappa shape index (κ2) is 6.52. The third kappa shape index (κ3) is 3.94. The monoisotopic (exact) mass is 361 g/mol. The maximum absolute atomic E-state index is 12.2. The number of aromatic nitrogens is 1. The average Bonchev–Trinajstić information content (AvgIpc) is 2.54. The zero-order valence-electron chi connectivity index (χ0n) is 13.3. The van der Waals surface area contributed by atoms with Gasteiger partial charge in [-0.3, -0.25) is 9.59 Å². The number of nitrogens with zero attached hydrogens (tertiary/aromatic N) is 1. The number of hydrogen-bond acceptors (Lipinski definition) is 6. The molecule has 1 aromatic heterocycles. The molecule has 2 amide bonds.